The van der Waals surface area contributed by atoms with Crippen molar-refractivity contribution in [2.24, 2.45) is 0 Å². The number of aromatic nitrogens is 5. The SMILES string of the molecule is c1ccc(-c2ccc(-c3nc(-c4ccccc4)nc(-n4c5ccccc5c5c6oc7c(ccc8c7c7ccccc7n8-c7ccccc7)c6ccc54)n3)cc2)cc1. The maximum absolute atomic E-state index is 7.15. The highest BCUT2D eigenvalue weighted by Gasteiger charge is 2.24. The molecule has 0 radical (unpaired) electrons. The molecular formula is C51H31N5O. The van der Waals surface area contributed by atoms with Crippen LogP contribution < -0.4 is 0 Å². The molecular weight excluding hydrogens is 699 g/mol. The van der Waals surface area contributed by atoms with Gasteiger partial charge in [-0.2, -0.15) is 9.97 Å². The van der Waals surface area contributed by atoms with Crippen LogP contribution in [0.4, 0.5) is 0 Å². The molecule has 4 aromatic heterocycles. The molecule has 6 nitrogen and oxygen atoms in total. The lowest BCUT2D eigenvalue weighted by Crippen LogP contribution is -2.06. The van der Waals surface area contributed by atoms with Gasteiger partial charge in [0, 0.05) is 38.4 Å². The third kappa shape index (κ3) is 4.81. The van der Waals surface area contributed by atoms with Crippen LogP contribution in [0, 0.1) is 0 Å². The van der Waals surface area contributed by atoms with Crippen LogP contribution >= 0.6 is 0 Å². The van der Waals surface area contributed by atoms with Gasteiger partial charge in [0.05, 0.1) is 32.8 Å². The third-order valence-electron chi connectivity index (χ3n) is 11.2. The van der Waals surface area contributed by atoms with Gasteiger partial charge in [-0.25, -0.2) is 4.98 Å². The minimum Gasteiger partial charge on any atom is -0.455 e. The van der Waals surface area contributed by atoms with E-state index in [1.165, 1.54) is 0 Å². The van der Waals surface area contributed by atoms with E-state index in [4.69, 9.17) is 19.4 Å². The predicted octanol–water partition coefficient (Wildman–Crippen LogP) is 13.0. The minimum absolute atomic E-state index is 0.543. The lowest BCUT2D eigenvalue weighted by Gasteiger charge is -2.11. The number of rotatable bonds is 5. The number of para-hydroxylation sites is 3. The zero-order valence-electron chi connectivity index (χ0n) is 30.5. The van der Waals surface area contributed by atoms with E-state index in [0.717, 1.165) is 93.5 Å². The van der Waals surface area contributed by atoms with Gasteiger partial charge in [0.15, 0.2) is 11.6 Å². The second-order valence-corrected chi connectivity index (χ2v) is 14.4. The molecule has 57 heavy (non-hydrogen) atoms. The van der Waals surface area contributed by atoms with Gasteiger partial charge in [0.1, 0.15) is 11.2 Å². The Bertz CT molecular complexity index is 3490. The number of hydrogen-bond acceptors (Lipinski definition) is 4. The summed E-state index contributed by atoms with van der Waals surface area (Å²) in [6.45, 7) is 0. The average Bonchev–Trinajstić information content (AvgIpc) is 3.95. The van der Waals surface area contributed by atoms with Crippen molar-refractivity contribution in [3.63, 3.8) is 0 Å². The van der Waals surface area contributed by atoms with Gasteiger partial charge in [-0.15, -0.1) is 0 Å². The lowest BCUT2D eigenvalue weighted by atomic mass is 10.0. The number of fused-ring (bicyclic) bond motifs is 11. The Hall–Kier alpha value is -7.83. The van der Waals surface area contributed by atoms with Crippen LogP contribution in [0.15, 0.2) is 192 Å². The molecule has 0 bridgehead atoms. The number of hydrogen-bond donors (Lipinski definition) is 0. The summed E-state index contributed by atoms with van der Waals surface area (Å²) in [5, 5.41) is 6.50. The fourth-order valence-electron chi connectivity index (χ4n) is 8.62. The minimum atomic E-state index is 0.543. The topological polar surface area (TPSA) is 61.7 Å². The van der Waals surface area contributed by atoms with E-state index < -0.39 is 0 Å². The predicted molar refractivity (Wildman–Crippen MR) is 232 cm³/mol. The van der Waals surface area contributed by atoms with Crippen molar-refractivity contribution in [1.82, 2.24) is 24.1 Å². The molecule has 12 rings (SSSR count). The molecule has 0 fully saturated rings. The van der Waals surface area contributed by atoms with Crippen molar-refractivity contribution in [3.05, 3.63) is 188 Å². The van der Waals surface area contributed by atoms with Crippen LogP contribution in [0.3, 0.4) is 0 Å². The Morgan fingerprint density at radius 1 is 0.316 bits per heavy atom. The summed E-state index contributed by atoms with van der Waals surface area (Å²) in [6, 6.07) is 65.4. The Morgan fingerprint density at radius 2 is 0.754 bits per heavy atom. The normalized spacial score (nSPS) is 11.9. The van der Waals surface area contributed by atoms with Gasteiger partial charge in [-0.05, 0) is 59.7 Å². The number of nitrogens with zero attached hydrogens (tertiary/aromatic N) is 5. The molecule has 8 aromatic carbocycles. The first kappa shape index (κ1) is 31.5. The average molecular weight is 730 g/mol. The van der Waals surface area contributed by atoms with Crippen molar-refractivity contribution in [3.8, 4) is 45.5 Å². The maximum Gasteiger partial charge on any atom is 0.238 e. The molecule has 6 heteroatoms. The van der Waals surface area contributed by atoms with E-state index >= 15 is 0 Å². The van der Waals surface area contributed by atoms with E-state index in [0.29, 0.717) is 17.6 Å². The van der Waals surface area contributed by atoms with Crippen LogP contribution in [-0.4, -0.2) is 24.1 Å². The van der Waals surface area contributed by atoms with E-state index in [9.17, 15) is 0 Å². The van der Waals surface area contributed by atoms with E-state index in [2.05, 4.69) is 161 Å². The number of furan rings is 1. The first-order chi connectivity index (χ1) is 28.3. The largest absolute Gasteiger partial charge is 0.455 e. The Labute approximate surface area is 326 Å². The summed E-state index contributed by atoms with van der Waals surface area (Å²) in [5.74, 6) is 1.75. The zero-order valence-corrected chi connectivity index (χ0v) is 30.5. The van der Waals surface area contributed by atoms with Crippen LogP contribution in [-0.2, 0) is 0 Å². The van der Waals surface area contributed by atoms with E-state index in [1.54, 1.807) is 0 Å². The first-order valence-corrected chi connectivity index (χ1v) is 19.1. The Balaban J connectivity index is 1.11. The molecule has 266 valence electrons. The van der Waals surface area contributed by atoms with Crippen molar-refractivity contribution >= 4 is 65.6 Å². The molecule has 0 amide bonds. The highest BCUT2D eigenvalue weighted by molar-refractivity contribution is 6.28. The summed E-state index contributed by atoms with van der Waals surface area (Å²) >= 11 is 0. The van der Waals surface area contributed by atoms with Gasteiger partial charge in [-0.1, -0.05) is 140 Å². The van der Waals surface area contributed by atoms with E-state index in [1.807, 2.05) is 36.4 Å². The van der Waals surface area contributed by atoms with Crippen molar-refractivity contribution in [2.45, 2.75) is 0 Å². The summed E-state index contributed by atoms with van der Waals surface area (Å²) in [4.78, 5) is 15.4. The fourth-order valence-corrected chi connectivity index (χ4v) is 8.62. The lowest BCUT2D eigenvalue weighted by molar-refractivity contribution is 0.677. The smallest absolute Gasteiger partial charge is 0.238 e. The third-order valence-corrected chi connectivity index (χ3v) is 11.2. The van der Waals surface area contributed by atoms with Gasteiger partial charge in [0.2, 0.25) is 5.95 Å². The fraction of sp³-hybridized carbons (Fsp3) is 0. The molecule has 0 unspecified atom stereocenters. The summed E-state index contributed by atoms with van der Waals surface area (Å²) in [5.41, 5.74) is 11.2. The molecule has 0 aliphatic rings. The summed E-state index contributed by atoms with van der Waals surface area (Å²) in [6.07, 6.45) is 0. The highest BCUT2D eigenvalue weighted by atomic mass is 16.3. The molecule has 0 atom stereocenters. The van der Waals surface area contributed by atoms with Crippen LogP contribution in [0.1, 0.15) is 0 Å². The highest BCUT2D eigenvalue weighted by Crippen LogP contribution is 2.44. The zero-order chi connectivity index (χ0) is 37.5. The van der Waals surface area contributed by atoms with Crippen LogP contribution in [0.25, 0.3) is 111 Å². The second-order valence-electron chi connectivity index (χ2n) is 14.4. The first-order valence-electron chi connectivity index (χ1n) is 19.1. The summed E-state index contributed by atoms with van der Waals surface area (Å²) in [7, 11) is 0. The quantitative estimate of drug-likeness (QED) is 0.177. The van der Waals surface area contributed by atoms with E-state index in [-0.39, 0.29) is 0 Å². The van der Waals surface area contributed by atoms with Crippen LogP contribution in [0.5, 0.6) is 0 Å². The Morgan fingerprint density at radius 3 is 1.35 bits per heavy atom. The van der Waals surface area contributed by atoms with Gasteiger partial charge >= 0.3 is 0 Å². The van der Waals surface area contributed by atoms with Gasteiger partial charge in [0.25, 0.3) is 0 Å². The standard InChI is InChI=1S/C51H31N5O/c1-4-14-32(15-5-1)33-24-26-35(27-25-33)50-52-49(34-16-6-2-7-17-34)53-51(54-50)56-42-23-13-11-21-40(42)46-44(56)31-29-38-37-28-30-43-45(47(37)57-48(38)46)39-20-10-12-22-41(39)55(43)36-18-8-3-9-19-36/h1-31H. The molecule has 0 aliphatic carbocycles. The molecule has 0 spiro atoms. The van der Waals surface area contributed by atoms with Crippen molar-refractivity contribution < 1.29 is 4.42 Å². The molecule has 0 N–H and O–H groups in total. The maximum atomic E-state index is 7.15. The molecule has 0 saturated heterocycles. The molecule has 0 saturated carbocycles. The Kier molecular flexibility index (Phi) is 6.83. The molecule has 4 heterocycles. The van der Waals surface area contributed by atoms with Crippen LogP contribution in [0.2, 0.25) is 0 Å². The van der Waals surface area contributed by atoms with Crippen molar-refractivity contribution in [2.75, 3.05) is 0 Å². The van der Waals surface area contributed by atoms with Gasteiger partial charge < -0.3 is 8.98 Å². The van der Waals surface area contributed by atoms with Crippen molar-refractivity contribution in [1.29, 1.82) is 0 Å². The van der Waals surface area contributed by atoms with Gasteiger partial charge in [-0.3, -0.25) is 4.57 Å². The molecule has 12 aromatic rings. The second kappa shape index (κ2) is 12.3. The number of benzene rings is 8. The summed E-state index contributed by atoms with van der Waals surface area (Å²) < 4.78 is 11.6. The monoisotopic (exact) mass is 729 g/mol. The molecule has 0 aliphatic heterocycles.